The molecule has 1 aromatic carbocycles. The molecule has 13 heavy (non-hydrogen) atoms. The van der Waals surface area contributed by atoms with E-state index >= 15 is 0 Å². The average molecular weight is 181 g/mol. The van der Waals surface area contributed by atoms with Crippen molar-refractivity contribution < 1.29 is 19.7 Å². The fourth-order valence-electron chi connectivity index (χ4n) is 1.10. The second-order valence-electron chi connectivity index (χ2n) is 2.61. The molecule has 1 heterocycles. The number of rotatable bonds is 0. The highest BCUT2D eigenvalue weighted by molar-refractivity contribution is 5.98. The first-order chi connectivity index (χ1) is 6.18. The van der Waals surface area contributed by atoms with Crippen molar-refractivity contribution in [3.63, 3.8) is 0 Å². The van der Waals surface area contributed by atoms with Gasteiger partial charge >= 0.3 is 0 Å². The van der Waals surface area contributed by atoms with Crippen LogP contribution in [0.25, 0.3) is 0 Å². The van der Waals surface area contributed by atoms with Crippen LogP contribution in [-0.2, 0) is 4.79 Å². The minimum absolute atomic E-state index is 0.0854. The Kier molecular flexibility index (Phi) is 1.60. The second-order valence-corrected chi connectivity index (χ2v) is 2.61. The Morgan fingerprint density at radius 2 is 2.23 bits per heavy atom. The van der Waals surface area contributed by atoms with E-state index in [1.54, 1.807) is 6.07 Å². The van der Waals surface area contributed by atoms with Gasteiger partial charge in [0.2, 0.25) is 0 Å². The Labute approximate surface area is 73.6 Å². The Bertz CT molecular complexity index is 363. The molecule has 3 N–H and O–H groups in total. The van der Waals surface area contributed by atoms with Crippen LogP contribution in [0.5, 0.6) is 11.5 Å². The number of benzene rings is 1. The first-order valence-electron chi connectivity index (χ1n) is 3.66. The van der Waals surface area contributed by atoms with Crippen molar-refractivity contribution in [1.82, 2.24) is 0 Å². The van der Waals surface area contributed by atoms with E-state index in [4.69, 9.17) is 9.84 Å². The van der Waals surface area contributed by atoms with E-state index in [2.05, 4.69) is 5.32 Å². The number of phenols is 1. The first-order valence-corrected chi connectivity index (χ1v) is 3.66. The summed E-state index contributed by atoms with van der Waals surface area (Å²) >= 11 is 0. The maximum absolute atomic E-state index is 10.9. The summed E-state index contributed by atoms with van der Waals surface area (Å²) < 4.78 is 4.81. The largest absolute Gasteiger partial charge is 0.506 e. The number of hydrogen-bond donors (Lipinski definition) is 3. The van der Waals surface area contributed by atoms with E-state index in [1.807, 2.05) is 0 Å². The lowest BCUT2D eigenvalue weighted by Gasteiger charge is -2.22. The van der Waals surface area contributed by atoms with Gasteiger partial charge in [-0.2, -0.15) is 0 Å². The molecule has 0 saturated heterocycles. The van der Waals surface area contributed by atoms with Gasteiger partial charge in [0.25, 0.3) is 12.2 Å². The van der Waals surface area contributed by atoms with E-state index in [1.165, 1.54) is 12.1 Å². The summed E-state index contributed by atoms with van der Waals surface area (Å²) in [5.41, 5.74) is 0.192. The molecule has 1 unspecified atom stereocenters. The molecule has 68 valence electrons. The number of amides is 1. The smallest absolute Gasteiger partial charge is 0.293 e. The fourth-order valence-corrected chi connectivity index (χ4v) is 1.10. The molecule has 0 radical (unpaired) electrons. The monoisotopic (exact) mass is 181 g/mol. The van der Waals surface area contributed by atoms with Crippen LogP contribution in [0.3, 0.4) is 0 Å². The van der Waals surface area contributed by atoms with Gasteiger partial charge in [-0.3, -0.25) is 4.79 Å². The van der Waals surface area contributed by atoms with Crippen LogP contribution in [0.1, 0.15) is 0 Å². The SMILES string of the molecule is O=C1Nc2c(O)cccc2OC1O. The van der Waals surface area contributed by atoms with Crippen LogP contribution in [0, 0.1) is 0 Å². The van der Waals surface area contributed by atoms with Gasteiger partial charge in [-0.1, -0.05) is 6.07 Å². The molecular formula is C8H7NO4. The third-order valence-electron chi connectivity index (χ3n) is 1.72. The zero-order valence-electron chi connectivity index (χ0n) is 6.52. The number of carbonyl (C=O) groups excluding carboxylic acids is 1. The summed E-state index contributed by atoms with van der Waals surface area (Å²) in [6.07, 6.45) is -1.51. The van der Waals surface area contributed by atoms with Gasteiger partial charge < -0.3 is 20.3 Å². The van der Waals surface area contributed by atoms with Gasteiger partial charge in [0.1, 0.15) is 11.4 Å². The molecule has 0 fully saturated rings. The van der Waals surface area contributed by atoms with Gasteiger partial charge in [0.15, 0.2) is 5.75 Å². The summed E-state index contributed by atoms with van der Waals surface area (Å²) in [7, 11) is 0. The van der Waals surface area contributed by atoms with E-state index in [0.717, 1.165) is 0 Å². The molecule has 0 bridgehead atoms. The number of phenolic OH excluding ortho intramolecular Hbond substituents is 1. The Morgan fingerprint density at radius 3 is 3.00 bits per heavy atom. The van der Waals surface area contributed by atoms with Crippen LogP contribution in [-0.4, -0.2) is 22.4 Å². The number of nitrogens with one attached hydrogen (secondary N) is 1. The number of aromatic hydroxyl groups is 1. The fraction of sp³-hybridized carbons (Fsp3) is 0.125. The summed E-state index contributed by atoms with van der Waals surface area (Å²) in [4.78, 5) is 10.9. The molecule has 5 nitrogen and oxygen atoms in total. The highest BCUT2D eigenvalue weighted by atomic mass is 16.6. The van der Waals surface area contributed by atoms with E-state index < -0.39 is 12.2 Å². The molecule has 5 heteroatoms. The molecule has 0 aromatic heterocycles. The lowest BCUT2D eigenvalue weighted by atomic mass is 10.2. The van der Waals surface area contributed by atoms with Gasteiger partial charge in [-0.25, -0.2) is 0 Å². The van der Waals surface area contributed by atoms with Gasteiger partial charge in [-0.15, -0.1) is 0 Å². The molecule has 0 saturated carbocycles. The van der Waals surface area contributed by atoms with Gasteiger partial charge in [0, 0.05) is 0 Å². The van der Waals surface area contributed by atoms with Crippen LogP contribution >= 0.6 is 0 Å². The zero-order chi connectivity index (χ0) is 9.42. The first kappa shape index (κ1) is 7.88. The maximum Gasteiger partial charge on any atom is 0.293 e. The highest BCUT2D eigenvalue weighted by Crippen LogP contribution is 2.36. The number of hydrogen-bond acceptors (Lipinski definition) is 4. The molecule has 2 rings (SSSR count). The highest BCUT2D eigenvalue weighted by Gasteiger charge is 2.26. The zero-order valence-corrected chi connectivity index (χ0v) is 6.52. The van der Waals surface area contributed by atoms with Crippen LogP contribution in [0.4, 0.5) is 5.69 Å². The summed E-state index contributed by atoms with van der Waals surface area (Å²) in [5.74, 6) is -0.515. The summed E-state index contributed by atoms with van der Waals surface area (Å²) in [6, 6.07) is 4.51. The third-order valence-corrected chi connectivity index (χ3v) is 1.72. The number of aliphatic hydroxyl groups excluding tert-OH is 1. The van der Waals surface area contributed by atoms with Crippen LogP contribution in [0.2, 0.25) is 0 Å². The van der Waals surface area contributed by atoms with Gasteiger partial charge in [0.05, 0.1) is 0 Å². The molecule has 1 amide bonds. The number of fused-ring (bicyclic) bond motifs is 1. The van der Waals surface area contributed by atoms with Gasteiger partial charge in [-0.05, 0) is 12.1 Å². The van der Waals surface area contributed by atoms with Crippen molar-refractivity contribution >= 4 is 11.6 Å². The third kappa shape index (κ3) is 1.19. The molecule has 1 atom stereocenters. The van der Waals surface area contributed by atoms with Crippen LogP contribution in [0.15, 0.2) is 18.2 Å². The molecule has 1 aromatic rings. The van der Waals surface area contributed by atoms with Crippen molar-refractivity contribution in [3.05, 3.63) is 18.2 Å². The maximum atomic E-state index is 10.9. The average Bonchev–Trinajstić information content (AvgIpc) is 2.09. The van der Waals surface area contributed by atoms with E-state index in [0.29, 0.717) is 0 Å². The molecular weight excluding hydrogens is 174 g/mol. The standard InChI is InChI=1S/C8H7NO4/c10-4-2-1-3-5-6(4)9-7(11)8(12)13-5/h1-3,8,10,12H,(H,9,11). The quantitative estimate of drug-likeness (QED) is 0.494. The number of ether oxygens (including phenoxy) is 1. The second kappa shape index (κ2) is 2.63. The van der Waals surface area contributed by atoms with Crippen molar-refractivity contribution in [1.29, 1.82) is 0 Å². The van der Waals surface area contributed by atoms with E-state index in [-0.39, 0.29) is 17.2 Å². The van der Waals surface area contributed by atoms with Crippen molar-refractivity contribution in [2.75, 3.05) is 5.32 Å². The number of para-hydroxylation sites is 1. The number of carbonyl (C=O) groups is 1. The minimum Gasteiger partial charge on any atom is -0.506 e. The van der Waals surface area contributed by atoms with Crippen molar-refractivity contribution in [2.24, 2.45) is 0 Å². The molecule has 0 aliphatic carbocycles. The summed E-state index contributed by atoms with van der Waals surface area (Å²) in [6.45, 7) is 0. The van der Waals surface area contributed by atoms with Crippen LogP contribution < -0.4 is 10.1 Å². The molecule has 0 spiro atoms. The summed E-state index contributed by atoms with van der Waals surface area (Å²) in [5, 5.41) is 20.6. The molecule has 1 aliphatic heterocycles. The predicted molar refractivity (Wildman–Crippen MR) is 43.4 cm³/mol. The predicted octanol–water partition coefficient (Wildman–Crippen LogP) is 0.0415. The Morgan fingerprint density at radius 1 is 1.46 bits per heavy atom. The number of aliphatic hydroxyl groups is 1. The molecule has 1 aliphatic rings. The minimum atomic E-state index is -1.51. The number of anilines is 1. The lowest BCUT2D eigenvalue weighted by Crippen LogP contribution is -2.36. The topological polar surface area (TPSA) is 78.8 Å². The lowest BCUT2D eigenvalue weighted by molar-refractivity contribution is -0.139. The van der Waals surface area contributed by atoms with Crippen molar-refractivity contribution in [2.45, 2.75) is 6.29 Å². The van der Waals surface area contributed by atoms with Crippen molar-refractivity contribution in [3.8, 4) is 11.5 Å². The normalized spacial score (nSPS) is 20.1. The van der Waals surface area contributed by atoms with E-state index in [9.17, 15) is 9.90 Å². The Hall–Kier alpha value is -1.75. The Balaban J connectivity index is 2.48.